The molecule has 1 aliphatic rings. The number of rotatable bonds is 2. The Balaban J connectivity index is 1.87. The zero-order valence-corrected chi connectivity index (χ0v) is 12.4. The predicted octanol–water partition coefficient (Wildman–Crippen LogP) is 2.38. The Morgan fingerprint density at radius 1 is 1.32 bits per heavy atom. The molecule has 1 amide bonds. The smallest absolute Gasteiger partial charge is 0.274 e. The molecule has 0 aliphatic carbocycles. The lowest BCUT2D eigenvalue weighted by molar-refractivity contribution is 0.0669. The molecule has 6 heteroatoms. The summed E-state index contributed by atoms with van der Waals surface area (Å²) in [7, 11) is 1.49. The van der Waals surface area contributed by atoms with Crippen LogP contribution in [0.1, 0.15) is 34.6 Å². The van der Waals surface area contributed by atoms with Crippen LogP contribution in [0.3, 0.4) is 0 Å². The van der Waals surface area contributed by atoms with Gasteiger partial charge in [-0.05, 0) is 42.7 Å². The number of benzene rings is 1. The summed E-state index contributed by atoms with van der Waals surface area (Å²) in [6, 6.07) is 7.73. The lowest BCUT2D eigenvalue weighted by atomic mass is 9.93. The molecule has 1 atom stereocenters. The molecule has 0 N–H and O–H groups in total. The minimum atomic E-state index is -0.288. The number of ether oxygens (including phenoxy) is 1. The Bertz CT molecular complexity index is 703. The number of carbonyl (C=O) groups is 1. The maximum absolute atomic E-state index is 13.5. The number of carbonyl (C=O) groups excluding carboxylic acids is 1. The molecule has 22 heavy (non-hydrogen) atoms. The van der Waals surface area contributed by atoms with Gasteiger partial charge >= 0.3 is 0 Å². The van der Waals surface area contributed by atoms with Gasteiger partial charge in [0.1, 0.15) is 5.82 Å². The van der Waals surface area contributed by atoms with E-state index in [0.717, 1.165) is 11.1 Å². The summed E-state index contributed by atoms with van der Waals surface area (Å²) < 4.78 is 18.4. The number of amides is 1. The third-order valence-corrected chi connectivity index (χ3v) is 3.98. The summed E-state index contributed by atoms with van der Waals surface area (Å²) in [5.74, 6) is -0.141. The Hall–Kier alpha value is -2.50. The Kier molecular flexibility index (Phi) is 3.75. The van der Waals surface area contributed by atoms with E-state index in [2.05, 4.69) is 10.2 Å². The summed E-state index contributed by atoms with van der Waals surface area (Å²) in [5, 5.41) is 7.71. The maximum atomic E-state index is 13.5. The molecule has 2 aromatic rings. The minimum absolute atomic E-state index is 0.198. The molecule has 3 rings (SSSR count). The molecule has 0 radical (unpaired) electrons. The van der Waals surface area contributed by atoms with Crippen molar-refractivity contribution >= 4 is 5.91 Å². The number of fused-ring (bicyclic) bond motifs is 1. The number of hydrogen-bond acceptors (Lipinski definition) is 4. The van der Waals surface area contributed by atoms with E-state index in [1.807, 2.05) is 6.92 Å². The van der Waals surface area contributed by atoms with Crippen molar-refractivity contribution < 1.29 is 13.9 Å². The van der Waals surface area contributed by atoms with Crippen LogP contribution in [0.15, 0.2) is 30.3 Å². The molecular weight excluding hydrogens is 285 g/mol. The normalized spacial score (nSPS) is 17.0. The van der Waals surface area contributed by atoms with E-state index in [9.17, 15) is 9.18 Å². The molecule has 0 unspecified atom stereocenters. The highest BCUT2D eigenvalue weighted by atomic mass is 19.1. The van der Waals surface area contributed by atoms with E-state index in [1.165, 1.54) is 19.2 Å². The number of nitrogens with zero attached hydrogens (tertiary/aromatic N) is 3. The van der Waals surface area contributed by atoms with Crippen LogP contribution in [0.2, 0.25) is 0 Å². The van der Waals surface area contributed by atoms with Crippen molar-refractivity contribution in [3.8, 4) is 5.88 Å². The Morgan fingerprint density at radius 2 is 2.14 bits per heavy atom. The summed E-state index contributed by atoms with van der Waals surface area (Å²) in [5.41, 5.74) is 2.19. The molecular formula is C16H16FN3O2. The highest BCUT2D eigenvalue weighted by Crippen LogP contribution is 2.30. The molecule has 0 saturated heterocycles. The van der Waals surface area contributed by atoms with E-state index < -0.39 is 0 Å². The summed E-state index contributed by atoms with van der Waals surface area (Å²) in [6.07, 6.45) is 0.704. The molecule has 114 valence electrons. The molecule has 1 aliphatic heterocycles. The topological polar surface area (TPSA) is 55.3 Å². The monoisotopic (exact) mass is 301 g/mol. The number of aromatic nitrogens is 2. The first-order valence-electron chi connectivity index (χ1n) is 7.07. The fourth-order valence-electron chi connectivity index (χ4n) is 2.75. The van der Waals surface area contributed by atoms with Gasteiger partial charge in [0.05, 0.1) is 13.2 Å². The quantitative estimate of drug-likeness (QED) is 0.854. The molecule has 0 fully saturated rings. The predicted molar refractivity (Wildman–Crippen MR) is 78.1 cm³/mol. The van der Waals surface area contributed by atoms with Gasteiger partial charge in [0.25, 0.3) is 5.91 Å². The Labute approximate surface area is 127 Å². The van der Waals surface area contributed by atoms with Crippen LogP contribution in [0.5, 0.6) is 5.88 Å². The van der Waals surface area contributed by atoms with Crippen molar-refractivity contribution in [3.63, 3.8) is 0 Å². The molecule has 1 aromatic carbocycles. The van der Waals surface area contributed by atoms with Crippen LogP contribution in [-0.4, -0.2) is 34.7 Å². The standard InChI is InChI=1S/C16H16FN3O2/c1-10-13-9-12(17)4-3-11(13)7-8-20(10)16(21)14-5-6-15(22-2)19-18-14/h3-6,9-10H,7-8H2,1-2H3/t10-/m0/s1. The second-order valence-electron chi connectivity index (χ2n) is 5.23. The molecule has 0 saturated carbocycles. The van der Waals surface area contributed by atoms with Gasteiger partial charge in [-0.3, -0.25) is 4.79 Å². The molecule has 5 nitrogen and oxygen atoms in total. The zero-order chi connectivity index (χ0) is 15.7. The number of methoxy groups -OCH3 is 1. The highest BCUT2D eigenvalue weighted by Gasteiger charge is 2.29. The first-order valence-corrected chi connectivity index (χ1v) is 7.07. The highest BCUT2D eigenvalue weighted by molar-refractivity contribution is 5.92. The summed E-state index contributed by atoms with van der Waals surface area (Å²) in [4.78, 5) is 14.3. The van der Waals surface area contributed by atoms with Gasteiger partial charge in [-0.1, -0.05) is 6.07 Å². The fraction of sp³-hybridized carbons (Fsp3) is 0.312. The van der Waals surface area contributed by atoms with E-state index in [1.54, 1.807) is 23.1 Å². The van der Waals surface area contributed by atoms with Gasteiger partial charge in [-0.25, -0.2) is 4.39 Å². The van der Waals surface area contributed by atoms with Crippen molar-refractivity contribution in [2.45, 2.75) is 19.4 Å². The van der Waals surface area contributed by atoms with Crippen molar-refractivity contribution in [1.29, 1.82) is 0 Å². The first kappa shape index (κ1) is 14.4. The zero-order valence-electron chi connectivity index (χ0n) is 12.4. The van der Waals surface area contributed by atoms with E-state index >= 15 is 0 Å². The summed E-state index contributed by atoms with van der Waals surface area (Å²) in [6.45, 7) is 2.47. The van der Waals surface area contributed by atoms with Gasteiger partial charge in [0, 0.05) is 12.6 Å². The van der Waals surface area contributed by atoms with E-state index in [0.29, 0.717) is 18.8 Å². The lowest BCUT2D eigenvalue weighted by Gasteiger charge is -2.35. The Morgan fingerprint density at radius 3 is 2.82 bits per heavy atom. The van der Waals surface area contributed by atoms with Crippen molar-refractivity contribution in [3.05, 3.63) is 53.0 Å². The van der Waals surface area contributed by atoms with Crippen molar-refractivity contribution in [2.75, 3.05) is 13.7 Å². The number of halogens is 1. The van der Waals surface area contributed by atoms with Crippen LogP contribution in [0, 0.1) is 5.82 Å². The van der Waals surface area contributed by atoms with Gasteiger partial charge in [-0.2, -0.15) is 0 Å². The minimum Gasteiger partial charge on any atom is -0.480 e. The maximum Gasteiger partial charge on any atom is 0.274 e. The van der Waals surface area contributed by atoms with Gasteiger partial charge in [-0.15, -0.1) is 10.2 Å². The molecule has 2 heterocycles. The SMILES string of the molecule is COc1ccc(C(=O)N2CCc3ccc(F)cc3[C@@H]2C)nn1. The fourth-order valence-corrected chi connectivity index (χ4v) is 2.75. The van der Waals surface area contributed by atoms with Crippen LogP contribution < -0.4 is 4.74 Å². The summed E-state index contributed by atoms with van der Waals surface area (Å²) >= 11 is 0. The average molecular weight is 301 g/mol. The van der Waals surface area contributed by atoms with Crippen LogP contribution >= 0.6 is 0 Å². The van der Waals surface area contributed by atoms with Crippen molar-refractivity contribution in [1.82, 2.24) is 15.1 Å². The van der Waals surface area contributed by atoms with Crippen LogP contribution in [0.25, 0.3) is 0 Å². The molecule has 0 spiro atoms. The largest absolute Gasteiger partial charge is 0.480 e. The number of hydrogen-bond donors (Lipinski definition) is 0. The second-order valence-corrected chi connectivity index (χ2v) is 5.23. The van der Waals surface area contributed by atoms with Crippen molar-refractivity contribution in [2.24, 2.45) is 0 Å². The molecule has 0 bridgehead atoms. The first-order chi connectivity index (χ1) is 10.6. The lowest BCUT2D eigenvalue weighted by Crippen LogP contribution is -2.39. The van der Waals surface area contributed by atoms with Crippen LogP contribution in [-0.2, 0) is 6.42 Å². The third-order valence-electron chi connectivity index (χ3n) is 3.98. The molecule has 1 aromatic heterocycles. The van der Waals surface area contributed by atoms with Gasteiger partial charge in [0.2, 0.25) is 5.88 Å². The van der Waals surface area contributed by atoms with E-state index in [4.69, 9.17) is 4.74 Å². The van der Waals surface area contributed by atoms with E-state index in [-0.39, 0.29) is 23.5 Å². The second kappa shape index (κ2) is 5.71. The van der Waals surface area contributed by atoms with Gasteiger partial charge in [0.15, 0.2) is 5.69 Å². The third kappa shape index (κ3) is 2.52. The average Bonchev–Trinajstić information content (AvgIpc) is 2.55. The van der Waals surface area contributed by atoms with Crippen LogP contribution in [0.4, 0.5) is 4.39 Å². The van der Waals surface area contributed by atoms with Gasteiger partial charge < -0.3 is 9.64 Å².